The minimum atomic E-state index is -2.57. The van der Waals surface area contributed by atoms with Crippen molar-refractivity contribution in [3.05, 3.63) is 39.9 Å². The van der Waals surface area contributed by atoms with E-state index < -0.39 is 23.8 Å². The highest BCUT2D eigenvalue weighted by Crippen LogP contribution is 2.26. The Morgan fingerprint density at radius 3 is 2.53 bits per heavy atom. The molecule has 1 atom stereocenters. The monoisotopic (exact) mass is 216 g/mol. The first-order valence-electron chi connectivity index (χ1n) is 4.29. The zero-order valence-corrected chi connectivity index (χ0v) is 7.77. The molecule has 0 unspecified atom stereocenters. The number of rotatable bonds is 4. The maximum atomic E-state index is 12.1. The van der Waals surface area contributed by atoms with Crippen molar-refractivity contribution < 1.29 is 13.7 Å². The molecular weight excluding hydrogens is 206 g/mol. The average Bonchev–Trinajstić information content (AvgIpc) is 2.16. The van der Waals surface area contributed by atoms with Gasteiger partial charge in [0.25, 0.3) is 5.69 Å². The number of nitro groups is 1. The van der Waals surface area contributed by atoms with Crippen molar-refractivity contribution in [1.29, 1.82) is 0 Å². The third-order valence-corrected chi connectivity index (χ3v) is 1.97. The molecule has 6 heteroatoms. The van der Waals surface area contributed by atoms with Crippen LogP contribution in [-0.4, -0.2) is 11.3 Å². The lowest BCUT2D eigenvalue weighted by Gasteiger charge is -2.11. The van der Waals surface area contributed by atoms with Gasteiger partial charge in [0, 0.05) is 24.1 Å². The van der Waals surface area contributed by atoms with E-state index in [2.05, 4.69) is 0 Å². The number of para-hydroxylation sites is 1. The van der Waals surface area contributed by atoms with Crippen LogP contribution in [0.25, 0.3) is 0 Å². The molecule has 1 rings (SSSR count). The Bertz CT molecular complexity index is 358. The number of nitrogens with zero attached hydrogens (tertiary/aromatic N) is 1. The quantitative estimate of drug-likeness (QED) is 0.619. The summed E-state index contributed by atoms with van der Waals surface area (Å²) in [6, 6.07) is 4.64. The molecule has 0 aromatic heterocycles. The second kappa shape index (κ2) is 4.79. The molecule has 0 saturated heterocycles. The lowest BCUT2D eigenvalue weighted by molar-refractivity contribution is -0.385. The molecule has 0 spiro atoms. The standard InChI is InChI=1S/C9H10F2N2O2/c10-9(11)5-7(12)6-3-1-2-4-8(6)13(14)15/h1-4,7,9H,5,12H2/t7-/m0/s1. The molecule has 1 aromatic carbocycles. The summed E-state index contributed by atoms with van der Waals surface area (Å²) in [6.07, 6.45) is -3.15. The van der Waals surface area contributed by atoms with Crippen LogP contribution in [0.4, 0.5) is 14.5 Å². The lowest BCUT2D eigenvalue weighted by atomic mass is 10.0. The number of hydrogen-bond donors (Lipinski definition) is 1. The molecule has 0 bridgehead atoms. The van der Waals surface area contributed by atoms with Gasteiger partial charge in [-0.05, 0) is 0 Å². The first kappa shape index (κ1) is 11.5. The molecule has 0 radical (unpaired) electrons. The van der Waals surface area contributed by atoms with E-state index in [0.717, 1.165) is 0 Å². The minimum absolute atomic E-state index is 0.141. The molecule has 0 amide bonds. The smallest absolute Gasteiger partial charge is 0.274 e. The van der Waals surface area contributed by atoms with E-state index in [0.29, 0.717) is 0 Å². The van der Waals surface area contributed by atoms with E-state index in [1.54, 1.807) is 0 Å². The van der Waals surface area contributed by atoms with Crippen LogP contribution in [-0.2, 0) is 0 Å². The third kappa shape index (κ3) is 2.95. The van der Waals surface area contributed by atoms with Crippen LogP contribution in [0.15, 0.2) is 24.3 Å². The summed E-state index contributed by atoms with van der Waals surface area (Å²) in [5, 5.41) is 10.6. The van der Waals surface area contributed by atoms with Gasteiger partial charge in [-0.25, -0.2) is 8.78 Å². The van der Waals surface area contributed by atoms with Crippen LogP contribution in [0.5, 0.6) is 0 Å². The van der Waals surface area contributed by atoms with E-state index in [9.17, 15) is 18.9 Å². The lowest BCUT2D eigenvalue weighted by Crippen LogP contribution is -2.15. The van der Waals surface area contributed by atoms with Crippen molar-refractivity contribution in [3.63, 3.8) is 0 Å². The maximum Gasteiger partial charge on any atom is 0.274 e. The molecule has 82 valence electrons. The number of halogens is 2. The summed E-state index contributed by atoms with van der Waals surface area (Å²) in [5.41, 5.74) is 5.37. The first-order valence-corrected chi connectivity index (χ1v) is 4.29. The number of benzene rings is 1. The van der Waals surface area contributed by atoms with Crippen LogP contribution in [0, 0.1) is 10.1 Å². The number of alkyl halides is 2. The Kier molecular flexibility index (Phi) is 3.68. The summed E-state index contributed by atoms with van der Waals surface area (Å²) >= 11 is 0. The van der Waals surface area contributed by atoms with Gasteiger partial charge in [0.15, 0.2) is 0 Å². The van der Waals surface area contributed by atoms with Crippen LogP contribution in [0.1, 0.15) is 18.0 Å². The zero-order chi connectivity index (χ0) is 11.4. The first-order chi connectivity index (χ1) is 7.02. The van der Waals surface area contributed by atoms with Crippen molar-refractivity contribution in [2.45, 2.75) is 18.9 Å². The summed E-state index contributed by atoms with van der Waals surface area (Å²) in [7, 11) is 0. The Morgan fingerprint density at radius 1 is 1.40 bits per heavy atom. The molecule has 2 N–H and O–H groups in total. The molecule has 0 aliphatic carbocycles. The van der Waals surface area contributed by atoms with Gasteiger partial charge in [-0.2, -0.15) is 0 Å². The Morgan fingerprint density at radius 2 is 2.00 bits per heavy atom. The second-order valence-corrected chi connectivity index (χ2v) is 3.05. The highest BCUT2D eigenvalue weighted by molar-refractivity contribution is 5.41. The van der Waals surface area contributed by atoms with E-state index in [1.165, 1.54) is 24.3 Å². The molecule has 0 aliphatic heterocycles. The highest BCUT2D eigenvalue weighted by Gasteiger charge is 2.21. The molecule has 4 nitrogen and oxygen atoms in total. The van der Waals surface area contributed by atoms with Crippen molar-refractivity contribution in [3.8, 4) is 0 Å². The molecular formula is C9H10F2N2O2. The fourth-order valence-corrected chi connectivity index (χ4v) is 1.29. The second-order valence-electron chi connectivity index (χ2n) is 3.05. The fraction of sp³-hybridized carbons (Fsp3) is 0.333. The van der Waals surface area contributed by atoms with E-state index in [4.69, 9.17) is 5.73 Å². The summed E-state index contributed by atoms with van der Waals surface area (Å²) in [6.45, 7) is 0. The minimum Gasteiger partial charge on any atom is -0.324 e. The number of nitro benzene ring substituents is 1. The van der Waals surface area contributed by atoms with Gasteiger partial charge in [-0.1, -0.05) is 18.2 Å². The fourth-order valence-electron chi connectivity index (χ4n) is 1.29. The highest BCUT2D eigenvalue weighted by atomic mass is 19.3. The van der Waals surface area contributed by atoms with Gasteiger partial charge in [-0.3, -0.25) is 10.1 Å². The predicted molar refractivity (Wildman–Crippen MR) is 50.6 cm³/mol. The van der Waals surface area contributed by atoms with Crippen LogP contribution >= 0.6 is 0 Å². The van der Waals surface area contributed by atoms with Gasteiger partial charge in [0.05, 0.1) is 4.92 Å². The summed E-state index contributed by atoms with van der Waals surface area (Å²) < 4.78 is 24.1. The topological polar surface area (TPSA) is 69.2 Å². The van der Waals surface area contributed by atoms with Crippen LogP contribution in [0.2, 0.25) is 0 Å². The third-order valence-electron chi connectivity index (χ3n) is 1.97. The van der Waals surface area contributed by atoms with Gasteiger partial charge in [-0.15, -0.1) is 0 Å². The average molecular weight is 216 g/mol. The van der Waals surface area contributed by atoms with Crippen LogP contribution in [0.3, 0.4) is 0 Å². The van der Waals surface area contributed by atoms with E-state index in [-0.39, 0.29) is 11.3 Å². The molecule has 0 saturated carbocycles. The van der Waals surface area contributed by atoms with E-state index >= 15 is 0 Å². The van der Waals surface area contributed by atoms with Gasteiger partial charge < -0.3 is 5.73 Å². The van der Waals surface area contributed by atoms with Crippen molar-refractivity contribution in [1.82, 2.24) is 0 Å². The Labute approximate surface area is 84.9 Å². The summed E-state index contributed by atoms with van der Waals surface area (Å²) in [4.78, 5) is 9.95. The molecule has 0 heterocycles. The Balaban J connectivity index is 2.97. The molecule has 0 aliphatic rings. The molecule has 15 heavy (non-hydrogen) atoms. The zero-order valence-electron chi connectivity index (χ0n) is 7.77. The van der Waals surface area contributed by atoms with Crippen molar-refractivity contribution in [2.75, 3.05) is 0 Å². The SMILES string of the molecule is N[C@@H](CC(F)F)c1ccccc1[N+](=O)[O-]. The largest absolute Gasteiger partial charge is 0.324 e. The molecule has 0 fully saturated rings. The van der Waals surface area contributed by atoms with Gasteiger partial charge in [0.1, 0.15) is 0 Å². The number of hydrogen-bond acceptors (Lipinski definition) is 3. The van der Waals surface area contributed by atoms with Gasteiger partial charge in [0.2, 0.25) is 6.43 Å². The van der Waals surface area contributed by atoms with E-state index in [1.807, 2.05) is 0 Å². The summed E-state index contributed by atoms with van der Waals surface area (Å²) in [5.74, 6) is 0. The molecule has 1 aromatic rings. The normalized spacial score (nSPS) is 12.8. The predicted octanol–water partition coefficient (Wildman–Crippen LogP) is 2.25. The van der Waals surface area contributed by atoms with Crippen molar-refractivity contribution >= 4 is 5.69 Å². The van der Waals surface area contributed by atoms with Crippen LogP contribution < -0.4 is 5.73 Å². The van der Waals surface area contributed by atoms with Gasteiger partial charge >= 0.3 is 0 Å². The number of nitrogens with two attached hydrogens (primary N) is 1. The van der Waals surface area contributed by atoms with Crippen molar-refractivity contribution in [2.24, 2.45) is 5.73 Å². The maximum absolute atomic E-state index is 12.1. The Hall–Kier alpha value is -1.56.